The highest BCUT2D eigenvalue weighted by atomic mass is 16.5. The van der Waals surface area contributed by atoms with Crippen molar-refractivity contribution in [2.75, 3.05) is 18.5 Å². The molecule has 1 N–H and O–H groups in total. The Bertz CT molecular complexity index is 1090. The first-order chi connectivity index (χ1) is 14.0. The molecule has 0 aliphatic heterocycles. The molecule has 0 unspecified atom stereocenters. The molecular formula is C21H22N4O4. The number of hydrogen-bond acceptors (Lipinski definition) is 6. The molecule has 1 amide bonds. The number of anilines is 1. The Morgan fingerprint density at radius 2 is 2.03 bits per heavy atom. The largest absolute Gasteiger partial charge is 0.462 e. The summed E-state index contributed by atoms with van der Waals surface area (Å²) in [5, 5.41) is 7.85. The highest BCUT2D eigenvalue weighted by molar-refractivity contribution is 5.99. The summed E-state index contributed by atoms with van der Waals surface area (Å²) in [6, 6.07) is 7.77. The van der Waals surface area contributed by atoms with Gasteiger partial charge in [-0.25, -0.2) is 14.6 Å². The maximum absolute atomic E-state index is 12.3. The second-order valence-electron chi connectivity index (χ2n) is 6.32. The van der Waals surface area contributed by atoms with Crippen LogP contribution in [0.3, 0.4) is 0 Å². The summed E-state index contributed by atoms with van der Waals surface area (Å²) >= 11 is 0. The molecule has 2 heterocycles. The Kier molecular flexibility index (Phi) is 5.92. The molecule has 0 fully saturated rings. The number of aryl methyl sites for hydroxylation is 2. The van der Waals surface area contributed by atoms with Crippen LogP contribution < -0.4 is 5.32 Å². The summed E-state index contributed by atoms with van der Waals surface area (Å²) in [4.78, 5) is 29.2. The number of fused-ring (bicyclic) bond motifs is 1. The molecule has 150 valence electrons. The van der Waals surface area contributed by atoms with Crippen molar-refractivity contribution in [3.63, 3.8) is 0 Å². The number of carbonyl (C=O) groups excluding carboxylic acids is 2. The third-order valence-electron chi connectivity index (χ3n) is 4.27. The number of aromatic nitrogens is 3. The molecule has 1 aromatic carbocycles. The normalized spacial score (nSPS) is 10.6. The smallest absolute Gasteiger partial charge is 0.413 e. The predicted octanol–water partition coefficient (Wildman–Crippen LogP) is 3.95. The minimum absolute atomic E-state index is 0.0290. The standard InChI is InChI=1S/C21H22N4O4/c1-5-10-29-21(27)24-19-16(20(26)28-6-2)12-22-25(19)17-11-14(4)15-9-7-8-13(3)18(15)23-17/h5,7-9,11-12H,1,6,10H2,2-4H3,(H,24,27). The Morgan fingerprint density at radius 1 is 1.24 bits per heavy atom. The molecule has 3 aromatic rings. The molecule has 2 aromatic heterocycles. The Hall–Kier alpha value is -3.68. The number of nitrogens with zero attached hydrogens (tertiary/aromatic N) is 3. The summed E-state index contributed by atoms with van der Waals surface area (Å²) < 4.78 is 11.4. The third-order valence-corrected chi connectivity index (χ3v) is 4.27. The van der Waals surface area contributed by atoms with Crippen molar-refractivity contribution in [2.45, 2.75) is 20.8 Å². The SMILES string of the molecule is C=CCOC(=O)Nc1c(C(=O)OCC)cnn1-c1cc(C)c2cccc(C)c2n1. The minimum Gasteiger partial charge on any atom is -0.462 e. The fraction of sp³-hybridized carbons (Fsp3) is 0.238. The predicted molar refractivity (Wildman–Crippen MR) is 109 cm³/mol. The Balaban J connectivity index is 2.12. The number of amides is 1. The van der Waals surface area contributed by atoms with Crippen LogP contribution in [0.1, 0.15) is 28.4 Å². The first kappa shape index (κ1) is 20.1. The van der Waals surface area contributed by atoms with E-state index in [0.717, 1.165) is 22.0 Å². The number of para-hydroxylation sites is 1. The molecular weight excluding hydrogens is 372 g/mol. The van der Waals surface area contributed by atoms with Crippen LogP contribution in [0.2, 0.25) is 0 Å². The Labute approximate surface area is 168 Å². The van der Waals surface area contributed by atoms with E-state index in [4.69, 9.17) is 14.5 Å². The van der Waals surface area contributed by atoms with Gasteiger partial charge in [-0.2, -0.15) is 9.78 Å². The molecule has 0 saturated heterocycles. The van der Waals surface area contributed by atoms with Gasteiger partial charge in [-0.3, -0.25) is 5.32 Å². The van der Waals surface area contributed by atoms with E-state index < -0.39 is 12.1 Å². The molecule has 3 rings (SSSR count). The van der Waals surface area contributed by atoms with Crippen molar-refractivity contribution in [1.82, 2.24) is 14.8 Å². The van der Waals surface area contributed by atoms with Gasteiger partial charge in [0.1, 0.15) is 12.2 Å². The maximum atomic E-state index is 12.3. The lowest BCUT2D eigenvalue weighted by atomic mass is 10.1. The maximum Gasteiger partial charge on any atom is 0.413 e. The van der Waals surface area contributed by atoms with Crippen LogP contribution in [0.5, 0.6) is 0 Å². The van der Waals surface area contributed by atoms with E-state index in [1.165, 1.54) is 17.0 Å². The van der Waals surface area contributed by atoms with Crippen LogP contribution in [-0.2, 0) is 9.47 Å². The number of pyridine rings is 1. The van der Waals surface area contributed by atoms with E-state index in [0.29, 0.717) is 5.82 Å². The molecule has 0 spiro atoms. The van der Waals surface area contributed by atoms with Crippen molar-refractivity contribution in [3.8, 4) is 5.82 Å². The zero-order valence-electron chi connectivity index (χ0n) is 16.6. The summed E-state index contributed by atoms with van der Waals surface area (Å²) in [6.45, 7) is 9.36. The van der Waals surface area contributed by atoms with Gasteiger partial charge < -0.3 is 9.47 Å². The average Bonchev–Trinajstić information content (AvgIpc) is 3.10. The van der Waals surface area contributed by atoms with Gasteiger partial charge >= 0.3 is 12.1 Å². The molecule has 8 heteroatoms. The highest BCUT2D eigenvalue weighted by Crippen LogP contribution is 2.26. The monoisotopic (exact) mass is 394 g/mol. The van der Waals surface area contributed by atoms with Crippen molar-refractivity contribution in [2.24, 2.45) is 0 Å². The number of rotatable bonds is 6. The molecule has 0 aliphatic rings. The summed E-state index contributed by atoms with van der Waals surface area (Å²) in [6.07, 6.45) is 2.03. The van der Waals surface area contributed by atoms with Gasteiger partial charge in [0.05, 0.1) is 18.3 Å². The van der Waals surface area contributed by atoms with Crippen molar-refractivity contribution in [1.29, 1.82) is 0 Å². The van der Waals surface area contributed by atoms with Gasteiger partial charge in [0.25, 0.3) is 0 Å². The van der Waals surface area contributed by atoms with Gasteiger partial charge in [-0.15, -0.1) is 0 Å². The van der Waals surface area contributed by atoms with Crippen LogP contribution in [0, 0.1) is 13.8 Å². The lowest BCUT2D eigenvalue weighted by Crippen LogP contribution is -2.19. The average molecular weight is 394 g/mol. The second kappa shape index (κ2) is 8.55. The van der Waals surface area contributed by atoms with E-state index in [2.05, 4.69) is 17.0 Å². The second-order valence-corrected chi connectivity index (χ2v) is 6.32. The minimum atomic E-state index is -0.745. The van der Waals surface area contributed by atoms with Gasteiger partial charge in [0.2, 0.25) is 0 Å². The van der Waals surface area contributed by atoms with Crippen LogP contribution in [0.25, 0.3) is 16.7 Å². The zero-order valence-corrected chi connectivity index (χ0v) is 16.6. The topological polar surface area (TPSA) is 95.3 Å². The third kappa shape index (κ3) is 4.11. The molecule has 29 heavy (non-hydrogen) atoms. The van der Waals surface area contributed by atoms with Gasteiger partial charge in [-0.05, 0) is 38.0 Å². The van der Waals surface area contributed by atoms with E-state index in [9.17, 15) is 9.59 Å². The molecule has 0 radical (unpaired) electrons. The van der Waals surface area contributed by atoms with Crippen LogP contribution >= 0.6 is 0 Å². The number of nitrogens with one attached hydrogen (secondary N) is 1. The van der Waals surface area contributed by atoms with Crippen LogP contribution in [0.4, 0.5) is 10.6 Å². The first-order valence-corrected chi connectivity index (χ1v) is 9.13. The van der Waals surface area contributed by atoms with Crippen LogP contribution in [-0.4, -0.2) is 40.0 Å². The van der Waals surface area contributed by atoms with E-state index in [1.807, 2.05) is 38.1 Å². The number of esters is 1. The Morgan fingerprint density at radius 3 is 2.76 bits per heavy atom. The van der Waals surface area contributed by atoms with E-state index in [1.54, 1.807) is 6.92 Å². The van der Waals surface area contributed by atoms with E-state index >= 15 is 0 Å². The molecule has 0 aliphatic carbocycles. The molecule has 8 nitrogen and oxygen atoms in total. The lowest BCUT2D eigenvalue weighted by Gasteiger charge is -2.12. The van der Waals surface area contributed by atoms with Gasteiger partial charge in [0, 0.05) is 5.39 Å². The van der Waals surface area contributed by atoms with Crippen molar-refractivity contribution >= 4 is 28.8 Å². The zero-order chi connectivity index (χ0) is 21.0. The summed E-state index contributed by atoms with van der Waals surface area (Å²) in [7, 11) is 0. The number of ether oxygens (including phenoxy) is 2. The fourth-order valence-electron chi connectivity index (χ4n) is 2.92. The quantitative estimate of drug-likeness (QED) is 0.502. The lowest BCUT2D eigenvalue weighted by molar-refractivity contribution is 0.0527. The van der Waals surface area contributed by atoms with Crippen molar-refractivity contribution in [3.05, 3.63) is 59.8 Å². The number of carbonyl (C=O) groups is 2. The summed E-state index contributed by atoms with van der Waals surface area (Å²) in [5.41, 5.74) is 2.91. The molecule has 0 saturated carbocycles. The van der Waals surface area contributed by atoms with E-state index in [-0.39, 0.29) is 24.6 Å². The summed E-state index contributed by atoms with van der Waals surface area (Å²) in [5.74, 6) is -0.0253. The van der Waals surface area contributed by atoms with Crippen LogP contribution in [0.15, 0.2) is 43.1 Å². The first-order valence-electron chi connectivity index (χ1n) is 9.13. The fourth-order valence-corrected chi connectivity index (χ4v) is 2.92. The molecule has 0 atom stereocenters. The van der Waals surface area contributed by atoms with Crippen molar-refractivity contribution < 1.29 is 19.1 Å². The number of benzene rings is 1. The number of hydrogen-bond donors (Lipinski definition) is 1. The highest BCUT2D eigenvalue weighted by Gasteiger charge is 2.23. The van der Waals surface area contributed by atoms with Gasteiger partial charge in [0.15, 0.2) is 11.6 Å². The van der Waals surface area contributed by atoms with Gasteiger partial charge in [-0.1, -0.05) is 30.9 Å². The molecule has 0 bridgehead atoms.